The van der Waals surface area contributed by atoms with Gasteiger partial charge in [-0.05, 0) is 29.8 Å². The van der Waals surface area contributed by atoms with Crippen LogP contribution in [0.15, 0.2) is 54.6 Å². The zero-order chi connectivity index (χ0) is 13.5. The minimum absolute atomic E-state index is 0.448. The Morgan fingerprint density at radius 2 is 1.68 bits per heavy atom. The highest BCUT2D eigenvalue weighted by Gasteiger charge is 2.02. The number of hydrogen-bond donors (Lipinski definition) is 1. The number of nitrogens with two attached hydrogens (primary N) is 1. The molecule has 1 atom stereocenters. The lowest BCUT2D eigenvalue weighted by Gasteiger charge is -2.06. The van der Waals surface area contributed by atoms with E-state index in [9.17, 15) is 4.21 Å². The summed E-state index contributed by atoms with van der Waals surface area (Å²) in [4.78, 5) is 0. The van der Waals surface area contributed by atoms with Gasteiger partial charge >= 0.3 is 0 Å². The maximum atomic E-state index is 11.9. The molecule has 0 saturated carbocycles. The van der Waals surface area contributed by atoms with Crippen LogP contribution in [0.2, 0.25) is 0 Å². The Balaban J connectivity index is 1.74. The Bertz CT molecular complexity index is 526. The Kier molecular flexibility index (Phi) is 4.98. The van der Waals surface area contributed by atoms with Crippen LogP contribution in [-0.2, 0) is 16.6 Å². The first-order valence-electron chi connectivity index (χ1n) is 6.11. The van der Waals surface area contributed by atoms with Crippen molar-refractivity contribution in [3.63, 3.8) is 0 Å². The smallest absolute Gasteiger partial charge is 0.119 e. The predicted molar refractivity (Wildman–Crippen MR) is 79.5 cm³/mol. The van der Waals surface area contributed by atoms with Crippen LogP contribution in [0.3, 0.4) is 0 Å². The van der Waals surface area contributed by atoms with Gasteiger partial charge in [-0.15, -0.1) is 0 Å². The summed E-state index contributed by atoms with van der Waals surface area (Å²) in [7, 11) is -0.899. The van der Waals surface area contributed by atoms with E-state index in [1.54, 1.807) is 12.1 Å². The lowest BCUT2D eigenvalue weighted by molar-refractivity contribution is 0.342. The predicted octanol–water partition coefficient (Wildman–Crippen LogP) is 2.60. The highest BCUT2D eigenvalue weighted by molar-refractivity contribution is 7.84. The van der Waals surface area contributed by atoms with Crippen molar-refractivity contribution in [1.82, 2.24) is 0 Å². The Morgan fingerprint density at radius 3 is 2.37 bits per heavy atom. The van der Waals surface area contributed by atoms with E-state index in [4.69, 9.17) is 10.5 Å². The minimum Gasteiger partial charge on any atom is -0.493 e. The molecule has 0 aliphatic rings. The number of ether oxygens (including phenoxy) is 1. The van der Waals surface area contributed by atoms with Crippen molar-refractivity contribution in [2.24, 2.45) is 0 Å². The Labute approximate surface area is 115 Å². The van der Waals surface area contributed by atoms with Crippen LogP contribution in [0.1, 0.15) is 5.56 Å². The Hall–Kier alpha value is -1.81. The molecule has 2 aromatic carbocycles. The summed E-state index contributed by atoms with van der Waals surface area (Å²) >= 11 is 0. The van der Waals surface area contributed by atoms with E-state index < -0.39 is 10.8 Å². The standard InChI is InChI=1S/C15H17NO2S/c16-14-6-8-15(9-7-14)18-10-11-19(17)12-13-4-2-1-3-5-13/h1-9H,10-12,16H2. The molecule has 0 aromatic heterocycles. The molecule has 2 rings (SSSR count). The average Bonchev–Trinajstić information content (AvgIpc) is 2.42. The molecule has 2 aromatic rings. The number of hydrogen-bond acceptors (Lipinski definition) is 3. The number of rotatable bonds is 6. The average molecular weight is 275 g/mol. The van der Waals surface area contributed by atoms with Gasteiger partial charge in [0, 0.05) is 22.2 Å². The second-order valence-corrected chi connectivity index (χ2v) is 5.77. The summed E-state index contributed by atoms with van der Waals surface area (Å²) in [5.74, 6) is 1.86. The van der Waals surface area contributed by atoms with Gasteiger partial charge < -0.3 is 10.5 Å². The van der Waals surface area contributed by atoms with Crippen molar-refractivity contribution < 1.29 is 8.95 Å². The zero-order valence-electron chi connectivity index (χ0n) is 10.6. The van der Waals surface area contributed by atoms with E-state index in [1.807, 2.05) is 42.5 Å². The van der Waals surface area contributed by atoms with E-state index in [0.717, 1.165) is 11.3 Å². The van der Waals surface area contributed by atoms with E-state index in [-0.39, 0.29) is 0 Å². The first-order valence-corrected chi connectivity index (χ1v) is 7.60. The lowest BCUT2D eigenvalue weighted by atomic mass is 10.2. The van der Waals surface area contributed by atoms with E-state index >= 15 is 0 Å². The fourth-order valence-corrected chi connectivity index (χ4v) is 2.63. The highest BCUT2D eigenvalue weighted by Crippen LogP contribution is 2.13. The molecule has 0 aliphatic heterocycles. The number of nitrogen functional groups attached to an aromatic ring is 1. The highest BCUT2D eigenvalue weighted by atomic mass is 32.2. The van der Waals surface area contributed by atoms with Crippen LogP contribution in [-0.4, -0.2) is 16.6 Å². The van der Waals surface area contributed by atoms with Crippen LogP contribution >= 0.6 is 0 Å². The maximum absolute atomic E-state index is 11.9. The molecule has 19 heavy (non-hydrogen) atoms. The zero-order valence-corrected chi connectivity index (χ0v) is 11.4. The topological polar surface area (TPSA) is 52.3 Å². The monoisotopic (exact) mass is 275 g/mol. The maximum Gasteiger partial charge on any atom is 0.119 e. The first-order chi connectivity index (χ1) is 9.24. The molecule has 0 aliphatic carbocycles. The third-order valence-electron chi connectivity index (χ3n) is 2.63. The van der Waals surface area contributed by atoms with Crippen LogP contribution in [0, 0.1) is 0 Å². The van der Waals surface area contributed by atoms with Crippen LogP contribution in [0.4, 0.5) is 5.69 Å². The van der Waals surface area contributed by atoms with Crippen molar-refractivity contribution in [3.05, 3.63) is 60.2 Å². The second kappa shape index (κ2) is 6.95. The summed E-state index contributed by atoms with van der Waals surface area (Å²) < 4.78 is 17.4. The number of benzene rings is 2. The SMILES string of the molecule is Nc1ccc(OCCS(=O)Cc2ccccc2)cc1. The van der Waals surface area contributed by atoms with Gasteiger partial charge in [-0.25, -0.2) is 0 Å². The number of anilines is 1. The molecule has 0 saturated heterocycles. The van der Waals surface area contributed by atoms with Crippen molar-refractivity contribution in [1.29, 1.82) is 0 Å². The molecule has 1 unspecified atom stereocenters. The van der Waals surface area contributed by atoms with Gasteiger partial charge in [0.2, 0.25) is 0 Å². The molecular weight excluding hydrogens is 258 g/mol. The lowest BCUT2D eigenvalue weighted by Crippen LogP contribution is -2.10. The first kappa shape index (κ1) is 13.6. The van der Waals surface area contributed by atoms with Crippen LogP contribution in [0.25, 0.3) is 0 Å². The van der Waals surface area contributed by atoms with Crippen molar-refractivity contribution in [3.8, 4) is 5.75 Å². The molecule has 0 radical (unpaired) electrons. The summed E-state index contributed by atoms with van der Waals surface area (Å²) in [6.07, 6.45) is 0. The summed E-state index contributed by atoms with van der Waals surface area (Å²) in [5.41, 5.74) is 7.38. The van der Waals surface area contributed by atoms with Gasteiger partial charge in [0.1, 0.15) is 5.75 Å². The van der Waals surface area contributed by atoms with Gasteiger partial charge in [0.15, 0.2) is 0 Å². The van der Waals surface area contributed by atoms with Crippen molar-refractivity contribution in [2.45, 2.75) is 5.75 Å². The largest absolute Gasteiger partial charge is 0.493 e. The summed E-state index contributed by atoms with van der Waals surface area (Å²) in [5, 5.41) is 0. The van der Waals surface area contributed by atoms with Crippen LogP contribution < -0.4 is 10.5 Å². The fourth-order valence-electron chi connectivity index (χ4n) is 1.65. The molecule has 0 spiro atoms. The second-order valence-electron chi connectivity index (χ2n) is 4.19. The van der Waals surface area contributed by atoms with Gasteiger partial charge in [-0.2, -0.15) is 0 Å². The normalized spacial score (nSPS) is 12.0. The summed E-state index contributed by atoms with van der Waals surface area (Å²) in [6, 6.07) is 17.0. The fraction of sp³-hybridized carbons (Fsp3) is 0.200. The molecule has 0 heterocycles. The molecule has 3 nitrogen and oxygen atoms in total. The molecule has 0 fully saturated rings. The molecule has 0 bridgehead atoms. The van der Waals surface area contributed by atoms with Gasteiger partial charge in [-0.3, -0.25) is 4.21 Å². The molecule has 0 amide bonds. The van der Waals surface area contributed by atoms with Gasteiger partial charge in [0.05, 0.1) is 12.4 Å². The summed E-state index contributed by atoms with van der Waals surface area (Å²) in [6.45, 7) is 0.448. The minimum atomic E-state index is -0.899. The molecule has 100 valence electrons. The van der Waals surface area contributed by atoms with E-state index in [0.29, 0.717) is 23.8 Å². The van der Waals surface area contributed by atoms with Crippen molar-refractivity contribution >= 4 is 16.5 Å². The third-order valence-corrected chi connectivity index (χ3v) is 3.91. The molecule has 4 heteroatoms. The van der Waals surface area contributed by atoms with Gasteiger partial charge in [0.25, 0.3) is 0 Å². The quantitative estimate of drug-likeness (QED) is 0.824. The van der Waals surface area contributed by atoms with Crippen LogP contribution in [0.5, 0.6) is 5.75 Å². The van der Waals surface area contributed by atoms with E-state index in [2.05, 4.69) is 0 Å². The Morgan fingerprint density at radius 1 is 1.00 bits per heavy atom. The van der Waals surface area contributed by atoms with Crippen molar-refractivity contribution in [2.75, 3.05) is 18.1 Å². The molecule has 2 N–H and O–H groups in total. The molecular formula is C15H17NO2S. The third kappa shape index (κ3) is 4.75. The van der Waals surface area contributed by atoms with Gasteiger partial charge in [-0.1, -0.05) is 30.3 Å². The van der Waals surface area contributed by atoms with E-state index in [1.165, 1.54) is 0 Å².